The molecule has 0 spiro atoms. The van der Waals surface area contributed by atoms with Crippen LogP contribution in [0.25, 0.3) is 6.08 Å². The lowest BCUT2D eigenvalue weighted by atomic mass is 10.0. The van der Waals surface area contributed by atoms with Gasteiger partial charge < -0.3 is 18.9 Å². The van der Waals surface area contributed by atoms with Gasteiger partial charge in [-0.3, -0.25) is 4.79 Å². The molecule has 4 aromatic rings. The fourth-order valence-electron chi connectivity index (χ4n) is 3.82. The van der Waals surface area contributed by atoms with Crippen LogP contribution in [0.2, 0.25) is 0 Å². The summed E-state index contributed by atoms with van der Waals surface area (Å²) in [5.41, 5.74) is 4.30. The van der Waals surface area contributed by atoms with Gasteiger partial charge in [-0.1, -0.05) is 42.5 Å². The van der Waals surface area contributed by atoms with Crippen LogP contribution in [0.1, 0.15) is 33.5 Å². The van der Waals surface area contributed by atoms with Gasteiger partial charge in [-0.25, -0.2) is 0 Å². The van der Waals surface area contributed by atoms with Crippen LogP contribution < -0.4 is 18.9 Å². The Hall–Kier alpha value is -4.51. The fourth-order valence-corrected chi connectivity index (χ4v) is 3.82. The lowest BCUT2D eigenvalue weighted by molar-refractivity contribution is 0.104. The Balaban J connectivity index is 0.000000216. The largest absolute Gasteiger partial charge is 0.497 e. The number of rotatable bonds is 11. The smallest absolute Gasteiger partial charge is 0.185 e. The Morgan fingerprint density at radius 2 is 0.897 bits per heavy atom. The molecule has 0 fully saturated rings. The molecule has 0 aliphatic carbocycles. The molecule has 202 valence electrons. The van der Waals surface area contributed by atoms with E-state index in [1.165, 1.54) is 11.1 Å². The van der Waals surface area contributed by atoms with Gasteiger partial charge in [0.2, 0.25) is 0 Å². The van der Waals surface area contributed by atoms with Gasteiger partial charge in [-0.15, -0.1) is 0 Å². The summed E-state index contributed by atoms with van der Waals surface area (Å²) in [5.74, 6) is 3.32. The van der Waals surface area contributed by atoms with Crippen molar-refractivity contribution < 1.29 is 23.7 Å². The van der Waals surface area contributed by atoms with Crippen LogP contribution >= 0.6 is 0 Å². The second-order valence-corrected chi connectivity index (χ2v) is 8.75. The number of hydrogen-bond donors (Lipinski definition) is 0. The molecule has 0 aliphatic heterocycles. The monoisotopic (exact) mass is 524 g/mol. The standard InChI is InChI=1S/C17H16O3.C17H20O2/c1-19-15-8-3-13(4-9-15)5-12-17(18)14-6-10-16(20-2)11-7-14;1-18-16-10-6-14(7-11-16)4-3-5-15-8-12-17(19-2)13-9-15/h3-12H,1-2H3;6-13H,3-5H2,1-2H3/b12-5+;. The third-order valence-corrected chi connectivity index (χ3v) is 6.17. The van der Waals surface area contributed by atoms with Gasteiger partial charge in [0.1, 0.15) is 23.0 Å². The minimum Gasteiger partial charge on any atom is -0.497 e. The van der Waals surface area contributed by atoms with E-state index in [0.717, 1.165) is 47.8 Å². The van der Waals surface area contributed by atoms with E-state index in [1.807, 2.05) is 48.5 Å². The maximum atomic E-state index is 12.0. The molecule has 0 aliphatic rings. The summed E-state index contributed by atoms with van der Waals surface area (Å²) in [6.07, 6.45) is 6.68. The second-order valence-electron chi connectivity index (χ2n) is 8.75. The van der Waals surface area contributed by atoms with E-state index in [4.69, 9.17) is 18.9 Å². The lowest BCUT2D eigenvalue weighted by Gasteiger charge is -2.05. The molecule has 0 radical (unpaired) electrons. The van der Waals surface area contributed by atoms with Crippen LogP contribution in [-0.4, -0.2) is 34.2 Å². The summed E-state index contributed by atoms with van der Waals surface area (Å²) in [6.45, 7) is 0. The molecular weight excluding hydrogens is 488 g/mol. The summed E-state index contributed by atoms with van der Waals surface area (Å²) < 4.78 is 20.4. The highest BCUT2D eigenvalue weighted by molar-refractivity contribution is 6.06. The zero-order chi connectivity index (χ0) is 27.9. The number of carbonyl (C=O) groups is 1. The quantitative estimate of drug-likeness (QED) is 0.150. The molecule has 0 saturated heterocycles. The number of allylic oxidation sites excluding steroid dienone is 1. The van der Waals surface area contributed by atoms with Crippen molar-refractivity contribution in [2.75, 3.05) is 28.4 Å². The van der Waals surface area contributed by atoms with Crippen LogP contribution in [-0.2, 0) is 12.8 Å². The molecule has 39 heavy (non-hydrogen) atoms. The van der Waals surface area contributed by atoms with Crippen molar-refractivity contribution in [3.8, 4) is 23.0 Å². The maximum Gasteiger partial charge on any atom is 0.185 e. The average molecular weight is 525 g/mol. The predicted octanol–water partition coefficient (Wildman–Crippen LogP) is 7.48. The molecule has 0 unspecified atom stereocenters. The van der Waals surface area contributed by atoms with Crippen molar-refractivity contribution >= 4 is 11.9 Å². The predicted molar refractivity (Wildman–Crippen MR) is 157 cm³/mol. The van der Waals surface area contributed by atoms with Gasteiger partial charge in [0.25, 0.3) is 0 Å². The molecule has 4 rings (SSSR count). The number of benzene rings is 4. The first-order valence-electron chi connectivity index (χ1n) is 12.8. The van der Waals surface area contributed by atoms with Crippen LogP contribution in [0, 0.1) is 0 Å². The van der Waals surface area contributed by atoms with Crippen molar-refractivity contribution in [3.63, 3.8) is 0 Å². The highest BCUT2D eigenvalue weighted by Gasteiger charge is 2.02. The van der Waals surface area contributed by atoms with Gasteiger partial charge in [0, 0.05) is 5.56 Å². The first kappa shape index (κ1) is 29.1. The van der Waals surface area contributed by atoms with Crippen molar-refractivity contribution in [1.29, 1.82) is 0 Å². The van der Waals surface area contributed by atoms with Crippen LogP contribution in [0.3, 0.4) is 0 Å². The van der Waals surface area contributed by atoms with E-state index in [2.05, 4.69) is 24.3 Å². The first-order valence-corrected chi connectivity index (χ1v) is 12.8. The highest BCUT2D eigenvalue weighted by atomic mass is 16.5. The lowest BCUT2D eigenvalue weighted by Crippen LogP contribution is -1.94. The molecular formula is C34H36O5. The van der Waals surface area contributed by atoms with Gasteiger partial charge in [-0.05, 0) is 103 Å². The van der Waals surface area contributed by atoms with Crippen LogP contribution in [0.15, 0.2) is 103 Å². The Morgan fingerprint density at radius 1 is 0.538 bits per heavy atom. The minimum atomic E-state index is -0.0385. The normalized spacial score (nSPS) is 10.4. The van der Waals surface area contributed by atoms with Crippen molar-refractivity contribution in [3.05, 3.63) is 125 Å². The number of methoxy groups -OCH3 is 4. The van der Waals surface area contributed by atoms with E-state index in [1.54, 1.807) is 64.9 Å². The zero-order valence-corrected chi connectivity index (χ0v) is 23.1. The van der Waals surface area contributed by atoms with E-state index in [0.29, 0.717) is 5.56 Å². The number of ketones is 1. The molecule has 0 N–H and O–H groups in total. The third kappa shape index (κ3) is 9.71. The first-order chi connectivity index (χ1) is 19.0. The van der Waals surface area contributed by atoms with Gasteiger partial charge in [0.05, 0.1) is 28.4 Å². The molecule has 0 heterocycles. The van der Waals surface area contributed by atoms with E-state index in [-0.39, 0.29) is 5.78 Å². The SMILES string of the molecule is COc1ccc(/C=C/C(=O)c2ccc(OC)cc2)cc1.COc1ccc(CCCc2ccc(OC)cc2)cc1. The van der Waals surface area contributed by atoms with E-state index < -0.39 is 0 Å². The second kappa shape index (κ2) is 15.7. The summed E-state index contributed by atoms with van der Waals surface area (Å²) in [4.78, 5) is 12.0. The Kier molecular flexibility index (Phi) is 11.7. The average Bonchev–Trinajstić information content (AvgIpc) is 3.01. The van der Waals surface area contributed by atoms with Gasteiger partial charge in [0.15, 0.2) is 5.78 Å². The molecule has 4 aromatic carbocycles. The van der Waals surface area contributed by atoms with Crippen molar-refractivity contribution in [2.24, 2.45) is 0 Å². The molecule has 0 amide bonds. The van der Waals surface area contributed by atoms with Gasteiger partial charge >= 0.3 is 0 Å². The summed E-state index contributed by atoms with van der Waals surface area (Å²) in [5, 5.41) is 0. The van der Waals surface area contributed by atoms with Crippen LogP contribution in [0.5, 0.6) is 23.0 Å². The third-order valence-electron chi connectivity index (χ3n) is 6.17. The number of aryl methyl sites for hydroxylation is 2. The molecule has 0 bridgehead atoms. The number of carbonyl (C=O) groups excluding carboxylic acids is 1. The fraction of sp³-hybridized carbons (Fsp3) is 0.206. The Labute approximate surface area is 231 Å². The summed E-state index contributed by atoms with van der Waals surface area (Å²) in [6, 6.07) is 31.2. The van der Waals surface area contributed by atoms with Crippen molar-refractivity contribution in [2.45, 2.75) is 19.3 Å². The number of ether oxygens (including phenoxy) is 4. The van der Waals surface area contributed by atoms with Crippen LogP contribution in [0.4, 0.5) is 0 Å². The summed E-state index contributed by atoms with van der Waals surface area (Å²) >= 11 is 0. The molecule has 5 heteroatoms. The maximum absolute atomic E-state index is 12.0. The number of hydrogen-bond acceptors (Lipinski definition) is 5. The van der Waals surface area contributed by atoms with Crippen molar-refractivity contribution in [1.82, 2.24) is 0 Å². The van der Waals surface area contributed by atoms with Gasteiger partial charge in [-0.2, -0.15) is 0 Å². The topological polar surface area (TPSA) is 54.0 Å². The minimum absolute atomic E-state index is 0.0385. The Bertz CT molecular complexity index is 1240. The molecule has 0 saturated carbocycles. The summed E-state index contributed by atoms with van der Waals surface area (Å²) in [7, 11) is 6.61. The van der Waals surface area contributed by atoms with E-state index >= 15 is 0 Å². The zero-order valence-electron chi connectivity index (χ0n) is 23.1. The Morgan fingerprint density at radius 3 is 1.28 bits per heavy atom. The molecule has 0 aromatic heterocycles. The van der Waals surface area contributed by atoms with E-state index in [9.17, 15) is 4.79 Å². The highest BCUT2D eigenvalue weighted by Crippen LogP contribution is 2.17. The molecule has 5 nitrogen and oxygen atoms in total. The molecule has 0 atom stereocenters.